The third-order valence-corrected chi connectivity index (χ3v) is 3.55. The molecule has 1 saturated heterocycles. The minimum atomic E-state index is -0.432. The molecule has 1 rings (SSSR count). The largest absolute Gasteiger partial charge is 0.389 e. The number of likely N-dealkylation sites (N-methyl/N-ethyl adjacent to an activating group) is 1. The van der Waals surface area contributed by atoms with Gasteiger partial charge in [-0.05, 0) is 32.9 Å². The quantitative estimate of drug-likeness (QED) is 0.537. The van der Waals surface area contributed by atoms with Gasteiger partial charge < -0.3 is 19.9 Å². The lowest BCUT2D eigenvalue weighted by molar-refractivity contribution is 0.00620. The number of likely N-dealkylation sites (tertiary alicyclic amines) is 1. The van der Waals surface area contributed by atoms with Crippen molar-refractivity contribution < 1.29 is 14.6 Å². The Morgan fingerprint density at radius 1 is 1.32 bits per heavy atom. The lowest BCUT2D eigenvalue weighted by atomic mass is 10.2. The smallest absolute Gasteiger partial charge is 0.0897 e. The van der Waals surface area contributed by atoms with Crippen molar-refractivity contribution in [3.8, 4) is 0 Å². The van der Waals surface area contributed by atoms with Crippen LogP contribution in [0.15, 0.2) is 0 Å². The summed E-state index contributed by atoms with van der Waals surface area (Å²) in [5.74, 6) is 0. The van der Waals surface area contributed by atoms with Crippen LogP contribution in [0.4, 0.5) is 0 Å². The topological polar surface area (TPSA) is 54.0 Å². The maximum absolute atomic E-state index is 9.76. The van der Waals surface area contributed by atoms with E-state index in [2.05, 4.69) is 17.1 Å². The van der Waals surface area contributed by atoms with Gasteiger partial charge in [0.2, 0.25) is 0 Å². The second kappa shape index (κ2) is 10.6. The average molecular weight is 274 g/mol. The van der Waals surface area contributed by atoms with Gasteiger partial charge in [-0.2, -0.15) is 0 Å². The van der Waals surface area contributed by atoms with Gasteiger partial charge in [-0.1, -0.05) is 6.92 Å². The first kappa shape index (κ1) is 16.9. The Labute approximate surface area is 117 Å². The Morgan fingerprint density at radius 3 is 2.84 bits per heavy atom. The molecular weight excluding hydrogens is 244 g/mol. The molecule has 0 aromatic heterocycles. The second-order valence-electron chi connectivity index (χ2n) is 5.01. The lowest BCUT2D eigenvalue weighted by Crippen LogP contribution is -2.41. The molecule has 19 heavy (non-hydrogen) atoms. The van der Waals surface area contributed by atoms with Crippen molar-refractivity contribution in [1.82, 2.24) is 10.2 Å². The van der Waals surface area contributed by atoms with E-state index in [4.69, 9.17) is 9.47 Å². The van der Waals surface area contributed by atoms with E-state index in [1.165, 1.54) is 19.4 Å². The molecule has 2 atom stereocenters. The van der Waals surface area contributed by atoms with Crippen LogP contribution in [0.2, 0.25) is 0 Å². The standard InChI is InChI=1S/C14H30N2O3/c1-3-16-7-5-6-13(16)10-15-11-14(17)12-19-9-8-18-4-2/h13-15,17H,3-12H2,1-2H3. The summed E-state index contributed by atoms with van der Waals surface area (Å²) in [6.45, 7) is 10.3. The van der Waals surface area contributed by atoms with E-state index in [1.807, 2.05) is 6.92 Å². The molecule has 114 valence electrons. The first-order valence-electron chi connectivity index (χ1n) is 7.56. The highest BCUT2D eigenvalue weighted by molar-refractivity contribution is 4.80. The van der Waals surface area contributed by atoms with Crippen molar-refractivity contribution in [3.63, 3.8) is 0 Å². The van der Waals surface area contributed by atoms with Gasteiger partial charge >= 0.3 is 0 Å². The van der Waals surface area contributed by atoms with Crippen LogP contribution in [0.3, 0.4) is 0 Å². The molecule has 5 heteroatoms. The summed E-state index contributed by atoms with van der Waals surface area (Å²) in [7, 11) is 0. The highest BCUT2D eigenvalue weighted by Crippen LogP contribution is 2.15. The molecular formula is C14H30N2O3. The lowest BCUT2D eigenvalue weighted by Gasteiger charge is -2.23. The number of nitrogens with zero attached hydrogens (tertiary/aromatic N) is 1. The van der Waals surface area contributed by atoms with Gasteiger partial charge in [0.15, 0.2) is 0 Å². The van der Waals surface area contributed by atoms with Crippen molar-refractivity contribution in [1.29, 1.82) is 0 Å². The third kappa shape index (κ3) is 7.22. The molecule has 0 amide bonds. The normalized spacial score (nSPS) is 21.9. The van der Waals surface area contributed by atoms with E-state index in [1.54, 1.807) is 0 Å². The van der Waals surface area contributed by atoms with Gasteiger partial charge in [0.25, 0.3) is 0 Å². The van der Waals surface area contributed by atoms with Gasteiger partial charge in [0, 0.05) is 25.7 Å². The fraction of sp³-hybridized carbons (Fsp3) is 1.00. The Balaban J connectivity index is 1.96. The predicted octanol–water partition coefficient (Wildman–Crippen LogP) is 0.474. The molecule has 0 spiro atoms. The summed E-state index contributed by atoms with van der Waals surface area (Å²) < 4.78 is 10.5. The van der Waals surface area contributed by atoms with Crippen LogP contribution in [-0.4, -0.2) is 74.8 Å². The van der Waals surface area contributed by atoms with Gasteiger partial charge in [-0.3, -0.25) is 4.90 Å². The van der Waals surface area contributed by atoms with Gasteiger partial charge in [-0.25, -0.2) is 0 Å². The van der Waals surface area contributed by atoms with Crippen molar-refractivity contribution in [2.45, 2.75) is 38.8 Å². The summed E-state index contributed by atoms with van der Waals surface area (Å²) in [5.41, 5.74) is 0. The third-order valence-electron chi connectivity index (χ3n) is 3.55. The molecule has 2 unspecified atom stereocenters. The van der Waals surface area contributed by atoms with E-state index >= 15 is 0 Å². The number of aliphatic hydroxyl groups is 1. The Hall–Kier alpha value is -0.200. The Morgan fingerprint density at radius 2 is 2.11 bits per heavy atom. The minimum absolute atomic E-state index is 0.377. The van der Waals surface area contributed by atoms with Crippen LogP contribution < -0.4 is 5.32 Å². The monoisotopic (exact) mass is 274 g/mol. The van der Waals surface area contributed by atoms with Crippen molar-refractivity contribution >= 4 is 0 Å². The summed E-state index contributed by atoms with van der Waals surface area (Å²) in [6, 6.07) is 0.635. The Kier molecular flexibility index (Phi) is 9.38. The zero-order chi connectivity index (χ0) is 13.9. The molecule has 2 N–H and O–H groups in total. The number of hydrogen-bond donors (Lipinski definition) is 2. The molecule has 0 bridgehead atoms. The van der Waals surface area contributed by atoms with Crippen molar-refractivity contribution in [2.75, 3.05) is 52.6 Å². The highest BCUT2D eigenvalue weighted by Gasteiger charge is 2.22. The summed E-state index contributed by atoms with van der Waals surface area (Å²) in [5, 5.41) is 13.1. The van der Waals surface area contributed by atoms with Crippen LogP contribution in [0.5, 0.6) is 0 Å². The van der Waals surface area contributed by atoms with E-state index in [0.717, 1.165) is 13.1 Å². The maximum Gasteiger partial charge on any atom is 0.0897 e. The van der Waals surface area contributed by atoms with E-state index in [0.29, 0.717) is 39.0 Å². The fourth-order valence-corrected chi connectivity index (χ4v) is 2.50. The van der Waals surface area contributed by atoms with Crippen LogP contribution in [0.25, 0.3) is 0 Å². The molecule has 0 aromatic carbocycles. The number of ether oxygens (including phenoxy) is 2. The van der Waals surface area contributed by atoms with Crippen molar-refractivity contribution in [2.24, 2.45) is 0 Å². The minimum Gasteiger partial charge on any atom is -0.389 e. The number of aliphatic hydroxyl groups excluding tert-OH is 1. The first-order valence-corrected chi connectivity index (χ1v) is 7.56. The molecule has 1 fully saturated rings. The van der Waals surface area contributed by atoms with E-state index in [9.17, 15) is 5.11 Å². The molecule has 5 nitrogen and oxygen atoms in total. The SMILES string of the molecule is CCOCCOCC(O)CNCC1CCCN1CC. The molecule has 1 aliphatic rings. The first-order chi connectivity index (χ1) is 9.27. The van der Waals surface area contributed by atoms with Gasteiger partial charge in [0.1, 0.15) is 0 Å². The second-order valence-corrected chi connectivity index (χ2v) is 5.01. The molecule has 0 saturated carbocycles. The summed E-state index contributed by atoms with van der Waals surface area (Å²) in [4.78, 5) is 2.50. The van der Waals surface area contributed by atoms with Crippen molar-refractivity contribution in [3.05, 3.63) is 0 Å². The predicted molar refractivity (Wildman–Crippen MR) is 76.5 cm³/mol. The summed E-state index contributed by atoms with van der Waals surface area (Å²) in [6.07, 6.45) is 2.13. The Bertz CT molecular complexity index is 217. The zero-order valence-electron chi connectivity index (χ0n) is 12.4. The molecule has 1 aliphatic heterocycles. The summed E-state index contributed by atoms with van der Waals surface area (Å²) >= 11 is 0. The molecule has 1 heterocycles. The highest BCUT2D eigenvalue weighted by atomic mass is 16.5. The van der Waals surface area contributed by atoms with Crippen LogP contribution in [-0.2, 0) is 9.47 Å². The van der Waals surface area contributed by atoms with E-state index in [-0.39, 0.29) is 0 Å². The van der Waals surface area contributed by atoms with Crippen LogP contribution in [0, 0.1) is 0 Å². The van der Waals surface area contributed by atoms with Gasteiger partial charge in [0.05, 0.1) is 25.9 Å². The van der Waals surface area contributed by atoms with Crippen LogP contribution in [0.1, 0.15) is 26.7 Å². The zero-order valence-corrected chi connectivity index (χ0v) is 12.4. The number of nitrogens with one attached hydrogen (secondary N) is 1. The molecule has 0 aromatic rings. The van der Waals surface area contributed by atoms with E-state index < -0.39 is 6.10 Å². The number of rotatable bonds is 11. The van der Waals surface area contributed by atoms with Crippen LogP contribution >= 0.6 is 0 Å². The fourth-order valence-electron chi connectivity index (χ4n) is 2.50. The average Bonchev–Trinajstić information content (AvgIpc) is 2.86. The molecule has 0 radical (unpaired) electrons. The molecule has 0 aliphatic carbocycles. The van der Waals surface area contributed by atoms with Gasteiger partial charge in [-0.15, -0.1) is 0 Å². The maximum atomic E-state index is 9.76. The number of hydrogen-bond acceptors (Lipinski definition) is 5.